The molecule has 1 aromatic heterocycles. The van der Waals surface area contributed by atoms with E-state index in [9.17, 15) is 14.4 Å². The predicted molar refractivity (Wildman–Crippen MR) is 89.8 cm³/mol. The van der Waals surface area contributed by atoms with E-state index in [1.54, 1.807) is 11.0 Å². The number of amides is 2. The van der Waals surface area contributed by atoms with Crippen molar-refractivity contribution in [2.75, 3.05) is 6.54 Å². The molecule has 0 bridgehead atoms. The van der Waals surface area contributed by atoms with Gasteiger partial charge < -0.3 is 15.2 Å². The molecule has 1 atom stereocenters. The molecule has 2 N–H and O–H groups in total. The summed E-state index contributed by atoms with van der Waals surface area (Å²) in [6.07, 6.45) is 3.51. The number of aromatic nitrogens is 1. The SMILES string of the molecule is O=C(NC1CC1)C1CCCN1C(=O)c1cc(=O)[nH]c2ccccc12. The summed E-state index contributed by atoms with van der Waals surface area (Å²) in [6.45, 7) is 0.544. The lowest BCUT2D eigenvalue weighted by molar-refractivity contribution is -0.125. The number of carbonyl (C=O) groups excluding carboxylic acids is 2. The first-order valence-electron chi connectivity index (χ1n) is 8.37. The first kappa shape index (κ1) is 14.9. The summed E-state index contributed by atoms with van der Waals surface area (Å²) in [7, 11) is 0. The number of hydrogen-bond donors (Lipinski definition) is 2. The van der Waals surface area contributed by atoms with E-state index in [0.29, 0.717) is 29.4 Å². The van der Waals surface area contributed by atoms with Crippen LogP contribution in [0.1, 0.15) is 36.0 Å². The van der Waals surface area contributed by atoms with E-state index >= 15 is 0 Å². The Labute approximate surface area is 138 Å². The molecule has 1 aliphatic carbocycles. The van der Waals surface area contributed by atoms with E-state index in [1.165, 1.54) is 6.07 Å². The highest BCUT2D eigenvalue weighted by Gasteiger charge is 2.37. The van der Waals surface area contributed by atoms with Gasteiger partial charge >= 0.3 is 0 Å². The summed E-state index contributed by atoms with van der Waals surface area (Å²) in [4.78, 5) is 41.7. The Kier molecular flexibility index (Phi) is 3.59. The Balaban J connectivity index is 1.67. The van der Waals surface area contributed by atoms with Crippen LogP contribution < -0.4 is 10.9 Å². The van der Waals surface area contributed by atoms with E-state index in [1.807, 2.05) is 18.2 Å². The van der Waals surface area contributed by atoms with E-state index in [-0.39, 0.29) is 23.4 Å². The Morgan fingerprint density at radius 3 is 2.75 bits per heavy atom. The quantitative estimate of drug-likeness (QED) is 0.895. The lowest BCUT2D eigenvalue weighted by Crippen LogP contribution is -2.46. The molecule has 1 saturated heterocycles. The minimum atomic E-state index is -0.434. The van der Waals surface area contributed by atoms with Gasteiger partial charge in [0.25, 0.3) is 5.91 Å². The number of H-pyrrole nitrogens is 1. The number of carbonyl (C=O) groups is 2. The summed E-state index contributed by atoms with van der Waals surface area (Å²) in [5, 5.41) is 3.68. The fraction of sp³-hybridized carbons (Fsp3) is 0.389. The van der Waals surface area contributed by atoms with Gasteiger partial charge in [-0.05, 0) is 31.7 Å². The second kappa shape index (κ2) is 5.78. The molecule has 2 fully saturated rings. The Morgan fingerprint density at radius 2 is 1.96 bits per heavy atom. The standard InChI is InChI=1S/C18H19N3O3/c22-16-10-13(12-4-1-2-5-14(12)20-16)18(24)21-9-3-6-15(21)17(23)19-11-7-8-11/h1-2,4-5,10-11,15H,3,6-9H2,(H,19,23)(H,20,22). The molecule has 124 valence electrons. The van der Waals surface area contributed by atoms with Crippen LogP contribution in [-0.4, -0.2) is 40.3 Å². The van der Waals surface area contributed by atoms with Gasteiger partial charge in [0.15, 0.2) is 0 Å². The van der Waals surface area contributed by atoms with Crippen molar-refractivity contribution in [3.8, 4) is 0 Å². The van der Waals surface area contributed by atoms with Gasteiger partial charge in [-0.2, -0.15) is 0 Å². The minimum Gasteiger partial charge on any atom is -0.352 e. The third-order valence-corrected chi connectivity index (χ3v) is 4.72. The molecule has 2 aromatic rings. The summed E-state index contributed by atoms with van der Waals surface area (Å²) in [5.41, 5.74) is 0.683. The van der Waals surface area contributed by atoms with Crippen LogP contribution in [0.5, 0.6) is 0 Å². The Hall–Kier alpha value is -2.63. The van der Waals surface area contributed by atoms with Crippen LogP contribution in [0.3, 0.4) is 0 Å². The molecule has 1 saturated carbocycles. The van der Waals surface area contributed by atoms with Crippen molar-refractivity contribution in [1.82, 2.24) is 15.2 Å². The third-order valence-electron chi connectivity index (χ3n) is 4.72. The lowest BCUT2D eigenvalue weighted by atomic mass is 10.1. The van der Waals surface area contributed by atoms with Crippen LogP contribution in [0, 0.1) is 0 Å². The van der Waals surface area contributed by atoms with Gasteiger partial charge in [0, 0.05) is 29.6 Å². The van der Waals surface area contributed by atoms with E-state index in [0.717, 1.165) is 19.3 Å². The molecule has 1 aliphatic heterocycles. The van der Waals surface area contributed by atoms with Crippen molar-refractivity contribution < 1.29 is 9.59 Å². The van der Waals surface area contributed by atoms with Crippen molar-refractivity contribution >= 4 is 22.7 Å². The maximum Gasteiger partial charge on any atom is 0.255 e. The predicted octanol–water partition coefficient (Wildman–Crippen LogP) is 1.41. The topological polar surface area (TPSA) is 82.3 Å². The number of rotatable bonds is 3. The second-order valence-corrected chi connectivity index (χ2v) is 6.53. The average Bonchev–Trinajstić information content (AvgIpc) is 3.25. The summed E-state index contributed by atoms with van der Waals surface area (Å²) in [5.74, 6) is -0.316. The van der Waals surface area contributed by atoms with Gasteiger partial charge in [0.1, 0.15) is 6.04 Å². The molecule has 2 heterocycles. The summed E-state index contributed by atoms with van der Waals surface area (Å²) < 4.78 is 0. The number of pyridine rings is 1. The Bertz CT molecular complexity index is 869. The highest BCUT2D eigenvalue weighted by molar-refractivity contribution is 6.07. The first-order chi connectivity index (χ1) is 11.6. The molecule has 1 aromatic carbocycles. The van der Waals surface area contributed by atoms with Gasteiger partial charge in [0.05, 0.1) is 5.56 Å². The molecule has 0 spiro atoms. The number of likely N-dealkylation sites (tertiary alicyclic amines) is 1. The van der Waals surface area contributed by atoms with Crippen LogP contribution in [0.2, 0.25) is 0 Å². The largest absolute Gasteiger partial charge is 0.352 e. The summed E-state index contributed by atoms with van der Waals surface area (Å²) in [6, 6.07) is 8.40. The number of para-hydroxylation sites is 1. The van der Waals surface area contributed by atoms with Crippen LogP contribution in [0.15, 0.2) is 35.1 Å². The molecule has 0 radical (unpaired) electrons. The summed E-state index contributed by atoms with van der Waals surface area (Å²) >= 11 is 0. The fourth-order valence-electron chi connectivity index (χ4n) is 3.34. The number of nitrogens with zero attached hydrogens (tertiary/aromatic N) is 1. The normalized spacial score (nSPS) is 20.3. The average molecular weight is 325 g/mol. The fourth-order valence-corrected chi connectivity index (χ4v) is 3.34. The van der Waals surface area contributed by atoms with Gasteiger partial charge in [0.2, 0.25) is 11.5 Å². The van der Waals surface area contributed by atoms with Crippen LogP contribution in [0.4, 0.5) is 0 Å². The number of nitrogens with one attached hydrogen (secondary N) is 2. The van der Waals surface area contributed by atoms with Crippen molar-refractivity contribution in [3.63, 3.8) is 0 Å². The smallest absolute Gasteiger partial charge is 0.255 e. The molecule has 6 heteroatoms. The van der Waals surface area contributed by atoms with Crippen molar-refractivity contribution in [1.29, 1.82) is 0 Å². The molecular weight excluding hydrogens is 306 g/mol. The zero-order chi connectivity index (χ0) is 16.7. The third kappa shape index (κ3) is 2.68. The van der Waals surface area contributed by atoms with Crippen molar-refractivity contribution in [3.05, 3.63) is 46.2 Å². The number of fused-ring (bicyclic) bond motifs is 1. The molecule has 4 rings (SSSR count). The van der Waals surface area contributed by atoms with Crippen molar-refractivity contribution in [2.24, 2.45) is 0 Å². The zero-order valence-corrected chi connectivity index (χ0v) is 13.2. The molecule has 24 heavy (non-hydrogen) atoms. The number of benzene rings is 1. The monoisotopic (exact) mass is 325 g/mol. The van der Waals surface area contributed by atoms with Crippen LogP contribution >= 0.6 is 0 Å². The molecule has 2 amide bonds. The molecule has 6 nitrogen and oxygen atoms in total. The maximum atomic E-state index is 13.0. The minimum absolute atomic E-state index is 0.0718. The molecule has 1 unspecified atom stereocenters. The van der Waals surface area contributed by atoms with E-state index in [2.05, 4.69) is 10.3 Å². The van der Waals surface area contributed by atoms with Crippen molar-refractivity contribution in [2.45, 2.75) is 37.8 Å². The lowest BCUT2D eigenvalue weighted by Gasteiger charge is -2.24. The van der Waals surface area contributed by atoms with Gasteiger partial charge in [-0.1, -0.05) is 18.2 Å². The second-order valence-electron chi connectivity index (χ2n) is 6.53. The number of aromatic amines is 1. The van der Waals surface area contributed by atoms with E-state index in [4.69, 9.17) is 0 Å². The highest BCUT2D eigenvalue weighted by Crippen LogP contribution is 2.25. The first-order valence-corrected chi connectivity index (χ1v) is 8.37. The molecule has 2 aliphatic rings. The molecular formula is C18H19N3O3. The highest BCUT2D eigenvalue weighted by atomic mass is 16.2. The van der Waals surface area contributed by atoms with Crippen LogP contribution in [0.25, 0.3) is 10.9 Å². The van der Waals surface area contributed by atoms with Gasteiger partial charge in [-0.25, -0.2) is 0 Å². The maximum absolute atomic E-state index is 13.0. The van der Waals surface area contributed by atoms with E-state index < -0.39 is 6.04 Å². The Morgan fingerprint density at radius 1 is 1.17 bits per heavy atom. The number of hydrogen-bond acceptors (Lipinski definition) is 3. The zero-order valence-electron chi connectivity index (χ0n) is 13.2. The van der Waals surface area contributed by atoms with Gasteiger partial charge in [-0.15, -0.1) is 0 Å². The van der Waals surface area contributed by atoms with Gasteiger partial charge in [-0.3, -0.25) is 14.4 Å². The van der Waals surface area contributed by atoms with Crippen LogP contribution in [-0.2, 0) is 4.79 Å².